The molecule has 8 heteroatoms. The van der Waals surface area contributed by atoms with Gasteiger partial charge in [-0.05, 0) is 40.2 Å². The Morgan fingerprint density at radius 2 is 2.00 bits per heavy atom. The highest BCUT2D eigenvalue weighted by molar-refractivity contribution is 9.10. The van der Waals surface area contributed by atoms with Crippen LogP contribution in [0.5, 0.6) is 11.5 Å². The molecule has 0 saturated carbocycles. The molecule has 2 aromatic rings. The minimum Gasteiger partial charge on any atom is -0.478 e. The van der Waals surface area contributed by atoms with E-state index in [4.69, 9.17) is 16.3 Å². The van der Waals surface area contributed by atoms with Gasteiger partial charge < -0.3 is 9.84 Å². The van der Waals surface area contributed by atoms with E-state index in [1.54, 1.807) is 6.07 Å². The second-order valence-electron chi connectivity index (χ2n) is 3.89. The molecule has 0 amide bonds. The molecule has 0 spiro atoms. The molecule has 2 aromatic carbocycles. The van der Waals surface area contributed by atoms with E-state index < -0.39 is 10.9 Å². The van der Waals surface area contributed by atoms with Crippen LogP contribution in [0.25, 0.3) is 0 Å². The van der Waals surface area contributed by atoms with Crippen LogP contribution in [0.4, 0.5) is 5.69 Å². The van der Waals surface area contributed by atoms with E-state index >= 15 is 0 Å². The molecule has 0 radical (unpaired) electrons. The fraction of sp³-hybridized carbons (Fsp3) is 0. The van der Waals surface area contributed by atoms with Gasteiger partial charge in [-0.1, -0.05) is 17.7 Å². The van der Waals surface area contributed by atoms with Gasteiger partial charge in [-0.3, -0.25) is 10.1 Å². The summed E-state index contributed by atoms with van der Waals surface area (Å²) in [6, 6.07) is 8.37. The highest BCUT2D eigenvalue weighted by atomic mass is 79.9. The molecule has 0 atom stereocenters. The summed E-state index contributed by atoms with van der Waals surface area (Å²) in [5.74, 6) is -1.32. The molecule has 0 heterocycles. The number of benzene rings is 2. The van der Waals surface area contributed by atoms with Crippen molar-refractivity contribution in [2.45, 2.75) is 0 Å². The zero-order valence-corrected chi connectivity index (χ0v) is 12.6. The van der Waals surface area contributed by atoms with Gasteiger partial charge in [-0.25, -0.2) is 4.79 Å². The van der Waals surface area contributed by atoms with Gasteiger partial charge >= 0.3 is 11.7 Å². The number of ether oxygens (including phenoxy) is 1. The maximum absolute atomic E-state index is 11.2. The van der Waals surface area contributed by atoms with Gasteiger partial charge in [0.25, 0.3) is 0 Å². The smallest absolute Gasteiger partial charge is 0.340 e. The van der Waals surface area contributed by atoms with Crippen LogP contribution in [-0.4, -0.2) is 16.0 Å². The van der Waals surface area contributed by atoms with Gasteiger partial charge in [0.1, 0.15) is 11.3 Å². The highest BCUT2D eigenvalue weighted by Crippen LogP contribution is 2.36. The van der Waals surface area contributed by atoms with Crippen LogP contribution in [0.2, 0.25) is 5.02 Å². The first-order chi connectivity index (χ1) is 9.90. The fourth-order valence-corrected chi connectivity index (χ4v) is 2.32. The zero-order chi connectivity index (χ0) is 15.6. The molecular formula is C13H7BrClNO5. The molecular weight excluding hydrogens is 366 g/mol. The minimum absolute atomic E-state index is 0.0118. The van der Waals surface area contributed by atoms with Gasteiger partial charge in [-0.2, -0.15) is 0 Å². The lowest BCUT2D eigenvalue weighted by atomic mass is 10.2. The quantitative estimate of drug-likeness (QED) is 0.630. The van der Waals surface area contributed by atoms with Gasteiger partial charge in [0, 0.05) is 15.6 Å². The number of aromatic carboxylic acids is 1. The Morgan fingerprint density at radius 1 is 1.29 bits per heavy atom. The summed E-state index contributed by atoms with van der Waals surface area (Å²) >= 11 is 8.81. The van der Waals surface area contributed by atoms with Crippen molar-refractivity contribution in [1.29, 1.82) is 0 Å². The zero-order valence-electron chi connectivity index (χ0n) is 10.2. The number of carbonyl (C=O) groups is 1. The maximum atomic E-state index is 11.2. The van der Waals surface area contributed by atoms with E-state index in [-0.39, 0.29) is 27.8 Å². The molecule has 0 unspecified atom stereocenters. The Bertz CT molecular complexity index is 734. The third kappa shape index (κ3) is 3.32. The number of carboxylic acid groups (broad SMARTS) is 1. The van der Waals surface area contributed by atoms with Crippen molar-refractivity contribution in [1.82, 2.24) is 0 Å². The average molecular weight is 373 g/mol. The molecule has 0 aliphatic rings. The number of nitro groups is 1. The molecule has 0 bridgehead atoms. The maximum Gasteiger partial charge on any atom is 0.340 e. The van der Waals surface area contributed by atoms with Crippen LogP contribution in [0.1, 0.15) is 10.4 Å². The summed E-state index contributed by atoms with van der Waals surface area (Å²) < 4.78 is 5.70. The largest absolute Gasteiger partial charge is 0.478 e. The lowest BCUT2D eigenvalue weighted by Gasteiger charge is -2.10. The summed E-state index contributed by atoms with van der Waals surface area (Å²) in [6.45, 7) is 0. The van der Waals surface area contributed by atoms with Gasteiger partial charge in [0.15, 0.2) is 0 Å². The van der Waals surface area contributed by atoms with Crippen molar-refractivity contribution in [2.24, 2.45) is 0 Å². The Labute approximate surface area is 132 Å². The molecule has 0 fully saturated rings. The third-order valence-corrected chi connectivity index (χ3v) is 3.42. The van der Waals surface area contributed by atoms with Crippen molar-refractivity contribution in [2.75, 3.05) is 0 Å². The van der Waals surface area contributed by atoms with Crippen LogP contribution < -0.4 is 4.74 Å². The number of rotatable bonds is 4. The van der Waals surface area contributed by atoms with Gasteiger partial charge in [0.05, 0.1) is 4.92 Å². The Balaban J connectivity index is 2.51. The van der Waals surface area contributed by atoms with Crippen molar-refractivity contribution < 1.29 is 19.6 Å². The van der Waals surface area contributed by atoms with E-state index in [0.29, 0.717) is 4.47 Å². The number of nitrogens with zero attached hydrogens (tertiary/aromatic N) is 1. The molecule has 108 valence electrons. The second-order valence-corrected chi connectivity index (χ2v) is 5.18. The highest BCUT2D eigenvalue weighted by Gasteiger charge is 2.21. The van der Waals surface area contributed by atoms with Crippen LogP contribution in [0.3, 0.4) is 0 Å². The number of carboxylic acids is 1. The standard InChI is InChI=1S/C13H7BrClNO5/c14-8-2-1-3-11(12(8)13(17)18)21-10-5-4-7(15)6-9(10)16(19)20/h1-6H,(H,17,18). The first-order valence-corrected chi connectivity index (χ1v) is 6.71. The molecule has 0 aromatic heterocycles. The molecule has 1 N–H and O–H groups in total. The molecule has 6 nitrogen and oxygen atoms in total. The molecule has 21 heavy (non-hydrogen) atoms. The lowest BCUT2D eigenvalue weighted by molar-refractivity contribution is -0.385. The van der Waals surface area contributed by atoms with Gasteiger partial charge in [0.2, 0.25) is 5.75 Å². The first kappa shape index (κ1) is 15.3. The Hall–Kier alpha value is -2.12. The lowest BCUT2D eigenvalue weighted by Crippen LogP contribution is -2.02. The topological polar surface area (TPSA) is 89.7 Å². The first-order valence-electron chi connectivity index (χ1n) is 5.53. The van der Waals surface area contributed by atoms with E-state index in [0.717, 1.165) is 6.07 Å². The van der Waals surface area contributed by atoms with Crippen molar-refractivity contribution in [3.8, 4) is 11.5 Å². The van der Waals surface area contributed by atoms with E-state index in [1.165, 1.54) is 24.3 Å². The number of nitro benzene ring substituents is 1. The van der Waals surface area contributed by atoms with Crippen LogP contribution in [-0.2, 0) is 0 Å². The summed E-state index contributed by atoms with van der Waals surface area (Å²) in [5, 5.41) is 20.4. The summed E-state index contributed by atoms with van der Waals surface area (Å²) in [7, 11) is 0. The monoisotopic (exact) mass is 371 g/mol. The van der Waals surface area contributed by atoms with Crippen molar-refractivity contribution in [3.05, 3.63) is 61.6 Å². The summed E-state index contributed by atoms with van der Waals surface area (Å²) in [5.41, 5.74) is -0.472. The number of hydrogen-bond donors (Lipinski definition) is 1. The van der Waals surface area contributed by atoms with Crippen LogP contribution in [0, 0.1) is 10.1 Å². The fourth-order valence-electron chi connectivity index (χ4n) is 1.63. The SMILES string of the molecule is O=C(O)c1c(Br)cccc1Oc1ccc(Cl)cc1[N+](=O)[O-]. The van der Waals surface area contributed by atoms with E-state index in [2.05, 4.69) is 15.9 Å². The Morgan fingerprint density at radius 3 is 2.62 bits per heavy atom. The summed E-state index contributed by atoms with van der Waals surface area (Å²) in [4.78, 5) is 21.6. The predicted octanol–water partition coefficient (Wildman–Crippen LogP) is 4.50. The third-order valence-electron chi connectivity index (χ3n) is 2.53. The number of hydrogen-bond acceptors (Lipinski definition) is 4. The Kier molecular flexibility index (Phi) is 4.44. The molecule has 0 saturated heterocycles. The van der Waals surface area contributed by atoms with E-state index in [9.17, 15) is 20.0 Å². The normalized spacial score (nSPS) is 10.2. The van der Waals surface area contributed by atoms with Crippen LogP contribution in [0.15, 0.2) is 40.9 Å². The van der Waals surface area contributed by atoms with Gasteiger partial charge in [-0.15, -0.1) is 0 Å². The molecule has 0 aliphatic heterocycles. The molecule has 0 aliphatic carbocycles. The van der Waals surface area contributed by atoms with Crippen molar-refractivity contribution >= 4 is 39.2 Å². The van der Waals surface area contributed by atoms with Crippen LogP contribution >= 0.6 is 27.5 Å². The minimum atomic E-state index is -1.21. The predicted molar refractivity (Wildman–Crippen MR) is 79.3 cm³/mol. The average Bonchev–Trinajstić information content (AvgIpc) is 2.40. The summed E-state index contributed by atoms with van der Waals surface area (Å²) in [6.07, 6.45) is 0. The van der Waals surface area contributed by atoms with E-state index in [1.807, 2.05) is 0 Å². The van der Waals surface area contributed by atoms with Crippen molar-refractivity contribution in [3.63, 3.8) is 0 Å². The second kappa shape index (κ2) is 6.11. The number of halogens is 2. The molecule has 2 rings (SSSR count).